The summed E-state index contributed by atoms with van der Waals surface area (Å²) in [6.07, 6.45) is 7.14. The Balaban J connectivity index is 1.64. The van der Waals surface area contributed by atoms with E-state index in [1.807, 2.05) is 6.92 Å². The van der Waals surface area contributed by atoms with E-state index >= 15 is 0 Å². The summed E-state index contributed by atoms with van der Waals surface area (Å²) in [5, 5.41) is 2.92. The minimum absolute atomic E-state index is 0.0117. The number of hydrogen-bond donors (Lipinski definition) is 1. The molecule has 2 saturated carbocycles. The van der Waals surface area contributed by atoms with E-state index in [4.69, 9.17) is 0 Å². The molecule has 2 amide bonds. The first kappa shape index (κ1) is 12.0. The molecule has 1 aliphatic heterocycles. The molecule has 18 heavy (non-hydrogen) atoms. The van der Waals surface area contributed by atoms with Crippen molar-refractivity contribution in [1.82, 2.24) is 10.2 Å². The smallest absolute Gasteiger partial charge is 0.248 e. The zero-order chi connectivity index (χ0) is 12.8. The number of nitrogens with zero attached hydrogens (tertiary/aromatic N) is 1. The molecule has 3 rings (SSSR count). The van der Waals surface area contributed by atoms with Crippen molar-refractivity contribution >= 4 is 11.8 Å². The van der Waals surface area contributed by atoms with Gasteiger partial charge in [0.2, 0.25) is 11.8 Å². The lowest BCUT2D eigenvalue weighted by Crippen LogP contribution is -2.66. The first-order valence-electron chi connectivity index (χ1n) is 7.20. The van der Waals surface area contributed by atoms with Crippen LogP contribution in [0.5, 0.6) is 0 Å². The molecule has 1 N–H and O–H groups in total. The maximum atomic E-state index is 12.5. The largest absolute Gasteiger partial charge is 0.340 e. The first-order valence-corrected chi connectivity index (χ1v) is 7.20. The van der Waals surface area contributed by atoms with Crippen molar-refractivity contribution in [1.29, 1.82) is 0 Å². The lowest BCUT2D eigenvalue weighted by atomic mass is 9.82. The van der Waals surface area contributed by atoms with Gasteiger partial charge in [0.25, 0.3) is 0 Å². The Morgan fingerprint density at radius 3 is 2.56 bits per heavy atom. The van der Waals surface area contributed by atoms with Gasteiger partial charge < -0.3 is 10.2 Å². The third-order valence-corrected chi connectivity index (χ3v) is 4.89. The van der Waals surface area contributed by atoms with Crippen LogP contribution in [0, 0.1) is 11.8 Å². The third-order valence-electron chi connectivity index (χ3n) is 4.89. The Labute approximate surface area is 108 Å². The summed E-state index contributed by atoms with van der Waals surface area (Å²) in [6.45, 7) is 2.92. The van der Waals surface area contributed by atoms with Crippen LogP contribution in [0.2, 0.25) is 0 Å². The number of rotatable bonds is 4. The SMILES string of the molecule is CC1(C2CC2)NC(=O)CN(CCC2CCC2)C1=O. The van der Waals surface area contributed by atoms with Crippen molar-refractivity contribution in [3.63, 3.8) is 0 Å². The fourth-order valence-electron chi connectivity index (χ4n) is 3.19. The van der Waals surface area contributed by atoms with Crippen LogP contribution in [0.4, 0.5) is 0 Å². The molecule has 0 spiro atoms. The van der Waals surface area contributed by atoms with Crippen molar-refractivity contribution in [2.24, 2.45) is 11.8 Å². The van der Waals surface area contributed by atoms with Crippen LogP contribution in [-0.4, -0.2) is 35.3 Å². The first-order chi connectivity index (χ1) is 8.59. The van der Waals surface area contributed by atoms with Crippen molar-refractivity contribution in [2.45, 2.75) is 51.0 Å². The highest BCUT2D eigenvalue weighted by molar-refractivity contribution is 5.98. The lowest BCUT2D eigenvalue weighted by Gasteiger charge is -2.41. The van der Waals surface area contributed by atoms with Crippen molar-refractivity contribution in [2.75, 3.05) is 13.1 Å². The third kappa shape index (κ3) is 2.02. The summed E-state index contributed by atoms with van der Waals surface area (Å²) >= 11 is 0. The second-order valence-corrected chi connectivity index (χ2v) is 6.34. The van der Waals surface area contributed by atoms with E-state index in [1.54, 1.807) is 4.90 Å². The van der Waals surface area contributed by atoms with Gasteiger partial charge in [-0.15, -0.1) is 0 Å². The highest BCUT2D eigenvalue weighted by atomic mass is 16.2. The molecule has 0 aromatic heterocycles. The highest BCUT2D eigenvalue weighted by Gasteiger charge is 2.52. The van der Waals surface area contributed by atoms with Crippen LogP contribution in [-0.2, 0) is 9.59 Å². The maximum Gasteiger partial charge on any atom is 0.248 e. The molecule has 100 valence electrons. The van der Waals surface area contributed by atoms with Gasteiger partial charge in [-0.3, -0.25) is 9.59 Å². The number of nitrogens with one attached hydrogen (secondary N) is 1. The fourth-order valence-corrected chi connectivity index (χ4v) is 3.19. The molecule has 4 nitrogen and oxygen atoms in total. The molecule has 0 bridgehead atoms. The summed E-state index contributed by atoms with van der Waals surface area (Å²) in [5.74, 6) is 1.30. The topological polar surface area (TPSA) is 49.4 Å². The number of carbonyl (C=O) groups is 2. The average molecular weight is 250 g/mol. The molecular formula is C14H22N2O2. The lowest BCUT2D eigenvalue weighted by molar-refractivity contribution is -0.150. The Hall–Kier alpha value is -1.06. The van der Waals surface area contributed by atoms with Crippen molar-refractivity contribution < 1.29 is 9.59 Å². The summed E-state index contributed by atoms with van der Waals surface area (Å²) in [7, 11) is 0. The van der Waals surface area contributed by atoms with Gasteiger partial charge in [-0.2, -0.15) is 0 Å². The summed E-state index contributed by atoms with van der Waals surface area (Å²) in [5.41, 5.74) is -0.616. The Bertz CT molecular complexity index is 374. The van der Waals surface area contributed by atoms with E-state index in [1.165, 1.54) is 19.3 Å². The summed E-state index contributed by atoms with van der Waals surface area (Å²) in [6, 6.07) is 0. The second-order valence-electron chi connectivity index (χ2n) is 6.34. The van der Waals surface area contributed by atoms with Crippen molar-refractivity contribution in [3.8, 4) is 0 Å². The predicted molar refractivity (Wildman–Crippen MR) is 67.8 cm³/mol. The van der Waals surface area contributed by atoms with Gasteiger partial charge >= 0.3 is 0 Å². The number of amides is 2. The second kappa shape index (κ2) is 4.25. The molecule has 1 saturated heterocycles. The van der Waals surface area contributed by atoms with E-state index in [0.717, 1.165) is 31.7 Å². The molecule has 3 aliphatic rings. The van der Waals surface area contributed by atoms with Crippen LogP contribution < -0.4 is 5.32 Å². The van der Waals surface area contributed by atoms with E-state index in [9.17, 15) is 9.59 Å². The maximum absolute atomic E-state index is 12.5. The average Bonchev–Trinajstić information content (AvgIpc) is 3.06. The van der Waals surface area contributed by atoms with Gasteiger partial charge in [0.15, 0.2) is 0 Å². The Morgan fingerprint density at radius 1 is 1.28 bits per heavy atom. The molecule has 1 unspecified atom stereocenters. The number of hydrogen-bond acceptors (Lipinski definition) is 2. The van der Waals surface area contributed by atoms with E-state index in [2.05, 4.69) is 5.32 Å². The van der Waals surface area contributed by atoms with Gasteiger partial charge in [0.05, 0.1) is 6.54 Å². The van der Waals surface area contributed by atoms with E-state index in [0.29, 0.717) is 5.92 Å². The quantitative estimate of drug-likeness (QED) is 0.817. The number of piperazine rings is 1. The summed E-state index contributed by atoms with van der Waals surface area (Å²) in [4.78, 5) is 26.1. The molecule has 0 aromatic carbocycles. The van der Waals surface area contributed by atoms with Crippen LogP contribution in [0.3, 0.4) is 0 Å². The zero-order valence-electron chi connectivity index (χ0n) is 11.1. The van der Waals surface area contributed by atoms with Gasteiger partial charge in [0.1, 0.15) is 5.54 Å². The van der Waals surface area contributed by atoms with Gasteiger partial charge in [-0.05, 0) is 38.0 Å². The molecule has 2 aliphatic carbocycles. The monoisotopic (exact) mass is 250 g/mol. The van der Waals surface area contributed by atoms with Crippen molar-refractivity contribution in [3.05, 3.63) is 0 Å². The molecule has 0 radical (unpaired) electrons. The number of carbonyl (C=O) groups excluding carboxylic acids is 2. The minimum atomic E-state index is -0.616. The highest BCUT2D eigenvalue weighted by Crippen LogP contribution is 2.41. The molecule has 1 heterocycles. The van der Waals surface area contributed by atoms with E-state index in [-0.39, 0.29) is 18.4 Å². The van der Waals surface area contributed by atoms with Gasteiger partial charge in [-0.1, -0.05) is 19.3 Å². The normalized spacial score (nSPS) is 33.3. The van der Waals surface area contributed by atoms with Gasteiger partial charge in [0, 0.05) is 6.54 Å². The Morgan fingerprint density at radius 2 is 2.00 bits per heavy atom. The molecule has 3 fully saturated rings. The minimum Gasteiger partial charge on any atom is -0.340 e. The van der Waals surface area contributed by atoms with Crippen LogP contribution in [0.15, 0.2) is 0 Å². The molecule has 0 aromatic rings. The zero-order valence-corrected chi connectivity index (χ0v) is 11.1. The summed E-state index contributed by atoms with van der Waals surface area (Å²) < 4.78 is 0. The standard InChI is InChI=1S/C14H22N2O2/c1-14(11-5-6-11)13(18)16(9-12(17)15-14)8-7-10-3-2-4-10/h10-11H,2-9H2,1H3,(H,15,17). The molecule has 4 heteroatoms. The van der Waals surface area contributed by atoms with E-state index < -0.39 is 5.54 Å². The van der Waals surface area contributed by atoms with Crippen LogP contribution >= 0.6 is 0 Å². The fraction of sp³-hybridized carbons (Fsp3) is 0.857. The van der Waals surface area contributed by atoms with Crippen LogP contribution in [0.1, 0.15) is 45.4 Å². The predicted octanol–water partition coefficient (Wildman–Crippen LogP) is 1.30. The molecule has 1 atom stereocenters. The Kier molecular flexibility index (Phi) is 2.83. The van der Waals surface area contributed by atoms with Gasteiger partial charge in [-0.25, -0.2) is 0 Å². The molecular weight excluding hydrogens is 228 g/mol. The van der Waals surface area contributed by atoms with Crippen LogP contribution in [0.25, 0.3) is 0 Å².